The number of hydrogen-bond donors (Lipinski definition) is 0. The molecule has 2 heteroatoms. The zero-order valence-electron chi connectivity index (χ0n) is 8.46. The van der Waals surface area contributed by atoms with Crippen LogP contribution in [0.1, 0.15) is 16.7 Å². The molecule has 0 N–H and O–H groups in total. The lowest BCUT2D eigenvalue weighted by atomic mass is 10.1. The largest absolute Gasteiger partial charge is 0.380 e. The first kappa shape index (κ1) is 11.8. The van der Waals surface area contributed by atoms with Crippen molar-refractivity contribution >= 4 is 6.79 Å². The van der Waals surface area contributed by atoms with Crippen LogP contribution in [0.25, 0.3) is 0 Å². The van der Waals surface area contributed by atoms with E-state index in [-0.39, 0.29) is 0 Å². The molecule has 1 rings (SSSR count). The molecule has 1 aromatic carbocycles. The Balaban J connectivity index is 0.000000671. The van der Waals surface area contributed by atoms with Gasteiger partial charge in [-0.3, -0.25) is 0 Å². The number of methoxy groups -OCH3 is 1. The van der Waals surface area contributed by atoms with E-state index < -0.39 is 0 Å². The van der Waals surface area contributed by atoms with Crippen LogP contribution in [-0.4, -0.2) is 13.9 Å². The highest BCUT2D eigenvalue weighted by Crippen LogP contribution is 2.09. The quantitative estimate of drug-likeness (QED) is 0.697. The Morgan fingerprint density at radius 2 is 1.62 bits per heavy atom. The van der Waals surface area contributed by atoms with Gasteiger partial charge in [0.25, 0.3) is 0 Å². The monoisotopic (exact) mass is 180 g/mol. The van der Waals surface area contributed by atoms with E-state index in [0.717, 1.165) is 0 Å². The molecule has 0 aliphatic rings. The lowest BCUT2D eigenvalue weighted by molar-refractivity contribution is -0.0979. The average Bonchev–Trinajstić information content (AvgIpc) is 2.06. The molecule has 72 valence electrons. The van der Waals surface area contributed by atoms with Crippen molar-refractivity contribution in [1.82, 2.24) is 0 Å². The molecular formula is C11H16O2. The van der Waals surface area contributed by atoms with Crippen LogP contribution in [0.4, 0.5) is 0 Å². The van der Waals surface area contributed by atoms with Gasteiger partial charge in [0.1, 0.15) is 6.79 Å². The summed E-state index contributed by atoms with van der Waals surface area (Å²) in [5.74, 6) is 0. The Morgan fingerprint density at radius 3 is 2.00 bits per heavy atom. The standard InChI is InChI=1S/C10H14O.CH2O/c1-8-4-9(2)6-10(5-8)7-11-3;1-2/h4-6H,7H2,1-3H3;1H2. The maximum absolute atomic E-state index is 8.00. The van der Waals surface area contributed by atoms with Crippen molar-refractivity contribution in [2.45, 2.75) is 20.5 Å². The highest BCUT2D eigenvalue weighted by Gasteiger charge is 1.93. The van der Waals surface area contributed by atoms with Crippen LogP contribution in [0.15, 0.2) is 18.2 Å². The summed E-state index contributed by atoms with van der Waals surface area (Å²) in [4.78, 5) is 8.00. The lowest BCUT2D eigenvalue weighted by Crippen LogP contribution is -1.89. The average molecular weight is 180 g/mol. The van der Waals surface area contributed by atoms with Crippen molar-refractivity contribution in [3.63, 3.8) is 0 Å². The molecule has 13 heavy (non-hydrogen) atoms. The molecule has 0 radical (unpaired) electrons. The number of carbonyl (C=O) groups is 1. The van der Waals surface area contributed by atoms with E-state index in [2.05, 4.69) is 32.0 Å². The maximum atomic E-state index is 8.00. The van der Waals surface area contributed by atoms with Crippen LogP contribution in [0.3, 0.4) is 0 Å². The molecule has 0 saturated heterocycles. The van der Waals surface area contributed by atoms with Gasteiger partial charge in [-0.05, 0) is 19.4 Å². The van der Waals surface area contributed by atoms with Crippen molar-refractivity contribution in [2.75, 3.05) is 7.11 Å². The second-order valence-corrected chi connectivity index (χ2v) is 2.93. The molecule has 0 bridgehead atoms. The van der Waals surface area contributed by atoms with Crippen molar-refractivity contribution in [1.29, 1.82) is 0 Å². The Bertz CT molecular complexity index is 236. The van der Waals surface area contributed by atoms with Crippen molar-refractivity contribution in [3.8, 4) is 0 Å². The SMILES string of the molecule is C=O.COCc1cc(C)cc(C)c1. The van der Waals surface area contributed by atoms with Crippen LogP contribution in [0.5, 0.6) is 0 Å². The smallest absolute Gasteiger partial charge is 0.106 e. The van der Waals surface area contributed by atoms with Crippen LogP contribution < -0.4 is 0 Å². The summed E-state index contributed by atoms with van der Waals surface area (Å²) in [5, 5.41) is 0. The molecule has 0 atom stereocenters. The zero-order valence-corrected chi connectivity index (χ0v) is 8.46. The molecule has 0 heterocycles. The summed E-state index contributed by atoms with van der Waals surface area (Å²) in [6.07, 6.45) is 0. The first-order chi connectivity index (χ1) is 6.22. The third kappa shape index (κ3) is 4.43. The fourth-order valence-corrected chi connectivity index (χ4v) is 1.32. The first-order valence-corrected chi connectivity index (χ1v) is 4.07. The van der Waals surface area contributed by atoms with E-state index in [4.69, 9.17) is 9.53 Å². The minimum absolute atomic E-state index is 0.711. The number of hydrogen-bond acceptors (Lipinski definition) is 2. The van der Waals surface area contributed by atoms with Gasteiger partial charge >= 0.3 is 0 Å². The molecule has 0 fully saturated rings. The fourth-order valence-electron chi connectivity index (χ4n) is 1.32. The Morgan fingerprint density at radius 1 is 1.15 bits per heavy atom. The summed E-state index contributed by atoms with van der Waals surface area (Å²) in [5.41, 5.74) is 3.86. The second kappa shape index (κ2) is 6.38. The van der Waals surface area contributed by atoms with E-state index in [9.17, 15) is 0 Å². The van der Waals surface area contributed by atoms with Gasteiger partial charge in [-0.25, -0.2) is 0 Å². The molecule has 1 aromatic rings. The van der Waals surface area contributed by atoms with Gasteiger partial charge in [-0.2, -0.15) is 0 Å². The number of rotatable bonds is 2. The molecule has 0 aromatic heterocycles. The number of benzene rings is 1. The molecule has 0 amide bonds. The molecule has 0 spiro atoms. The van der Waals surface area contributed by atoms with Crippen LogP contribution in [0, 0.1) is 13.8 Å². The van der Waals surface area contributed by atoms with Crippen LogP contribution in [-0.2, 0) is 16.1 Å². The Hall–Kier alpha value is -1.15. The highest BCUT2D eigenvalue weighted by atomic mass is 16.5. The highest BCUT2D eigenvalue weighted by molar-refractivity contribution is 5.27. The predicted molar refractivity (Wildman–Crippen MR) is 53.8 cm³/mol. The van der Waals surface area contributed by atoms with E-state index in [1.807, 2.05) is 6.79 Å². The minimum atomic E-state index is 0.711. The summed E-state index contributed by atoms with van der Waals surface area (Å²) in [7, 11) is 1.72. The normalized spacial score (nSPS) is 8.85. The molecule has 0 aliphatic carbocycles. The van der Waals surface area contributed by atoms with Gasteiger partial charge in [-0.1, -0.05) is 29.3 Å². The lowest BCUT2D eigenvalue weighted by Gasteiger charge is -2.02. The predicted octanol–water partition coefficient (Wildman–Crippen LogP) is 2.26. The second-order valence-electron chi connectivity index (χ2n) is 2.93. The summed E-state index contributed by atoms with van der Waals surface area (Å²) >= 11 is 0. The van der Waals surface area contributed by atoms with Gasteiger partial charge < -0.3 is 9.53 Å². The Kier molecular flexibility index (Phi) is 5.81. The number of ether oxygens (including phenoxy) is 1. The third-order valence-electron chi connectivity index (χ3n) is 1.59. The van der Waals surface area contributed by atoms with Gasteiger partial charge in [0, 0.05) is 7.11 Å². The molecule has 0 saturated carbocycles. The van der Waals surface area contributed by atoms with Gasteiger partial charge in [0.2, 0.25) is 0 Å². The third-order valence-corrected chi connectivity index (χ3v) is 1.59. The van der Waals surface area contributed by atoms with Crippen LogP contribution >= 0.6 is 0 Å². The van der Waals surface area contributed by atoms with Crippen molar-refractivity contribution in [2.24, 2.45) is 0 Å². The summed E-state index contributed by atoms with van der Waals surface area (Å²) in [6.45, 7) is 6.92. The van der Waals surface area contributed by atoms with Gasteiger partial charge in [0.05, 0.1) is 6.61 Å². The van der Waals surface area contributed by atoms with Gasteiger partial charge in [0.15, 0.2) is 0 Å². The van der Waals surface area contributed by atoms with E-state index >= 15 is 0 Å². The van der Waals surface area contributed by atoms with Gasteiger partial charge in [-0.15, -0.1) is 0 Å². The van der Waals surface area contributed by atoms with E-state index in [1.54, 1.807) is 7.11 Å². The van der Waals surface area contributed by atoms with Crippen molar-refractivity contribution < 1.29 is 9.53 Å². The molecule has 0 unspecified atom stereocenters. The summed E-state index contributed by atoms with van der Waals surface area (Å²) in [6, 6.07) is 6.46. The Labute approximate surface area is 79.5 Å². The molecular weight excluding hydrogens is 164 g/mol. The first-order valence-electron chi connectivity index (χ1n) is 4.07. The van der Waals surface area contributed by atoms with Crippen molar-refractivity contribution in [3.05, 3.63) is 34.9 Å². The fraction of sp³-hybridized carbons (Fsp3) is 0.364. The number of carbonyl (C=O) groups excluding carboxylic acids is 1. The summed E-state index contributed by atoms with van der Waals surface area (Å²) < 4.78 is 5.04. The minimum Gasteiger partial charge on any atom is -0.380 e. The topological polar surface area (TPSA) is 26.3 Å². The number of aryl methyl sites for hydroxylation is 2. The maximum Gasteiger partial charge on any atom is 0.106 e. The molecule has 0 aliphatic heterocycles. The molecule has 2 nitrogen and oxygen atoms in total. The van der Waals surface area contributed by atoms with Crippen LogP contribution in [0.2, 0.25) is 0 Å². The van der Waals surface area contributed by atoms with E-state index in [1.165, 1.54) is 16.7 Å². The zero-order chi connectivity index (χ0) is 10.3. The van der Waals surface area contributed by atoms with E-state index in [0.29, 0.717) is 6.61 Å².